The van der Waals surface area contributed by atoms with Crippen molar-refractivity contribution in [2.24, 2.45) is 0 Å². The summed E-state index contributed by atoms with van der Waals surface area (Å²) >= 11 is 0. The topological polar surface area (TPSA) is 62.2 Å². The number of hydrogen-bond donors (Lipinski definition) is 2. The van der Waals surface area contributed by atoms with Gasteiger partial charge in [0.1, 0.15) is 0 Å². The second-order valence-corrected chi connectivity index (χ2v) is 3.44. The second-order valence-electron chi connectivity index (χ2n) is 3.44. The van der Waals surface area contributed by atoms with Gasteiger partial charge in [-0.25, -0.2) is 0 Å². The molecule has 1 fully saturated rings. The van der Waals surface area contributed by atoms with Gasteiger partial charge in [-0.1, -0.05) is 6.07 Å². The number of aromatic nitrogens is 1. The molecule has 1 saturated carbocycles. The van der Waals surface area contributed by atoms with Crippen molar-refractivity contribution >= 4 is 5.91 Å². The molecular formula is C10H12N2O2. The Balaban J connectivity index is 1.99. The van der Waals surface area contributed by atoms with Crippen molar-refractivity contribution in [2.45, 2.75) is 25.0 Å². The van der Waals surface area contributed by atoms with Gasteiger partial charge in [0.25, 0.3) is 5.91 Å². The lowest BCUT2D eigenvalue weighted by Gasteiger charge is -2.09. The van der Waals surface area contributed by atoms with Gasteiger partial charge in [0.2, 0.25) is 0 Å². The standard InChI is InChI=1S/C10H12N2O2/c13-9(8-3-1-2-6-11-8)10(14)12-7-4-5-7/h1-3,6-7,9,13H,4-5H2,(H,12,14). The zero-order valence-electron chi connectivity index (χ0n) is 7.68. The lowest BCUT2D eigenvalue weighted by Crippen LogP contribution is -2.31. The third-order valence-corrected chi connectivity index (χ3v) is 2.14. The monoisotopic (exact) mass is 192 g/mol. The molecule has 0 aromatic carbocycles. The first-order chi connectivity index (χ1) is 6.77. The van der Waals surface area contributed by atoms with Crippen molar-refractivity contribution in [1.29, 1.82) is 0 Å². The number of nitrogens with zero attached hydrogens (tertiary/aromatic N) is 1. The molecule has 1 aliphatic carbocycles. The van der Waals surface area contributed by atoms with Crippen molar-refractivity contribution < 1.29 is 9.90 Å². The average molecular weight is 192 g/mol. The minimum atomic E-state index is -1.14. The van der Waals surface area contributed by atoms with Gasteiger partial charge in [-0.05, 0) is 25.0 Å². The quantitative estimate of drug-likeness (QED) is 0.728. The van der Waals surface area contributed by atoms with Crippen LogP contribution in [-0.4, -0.2) is 22.0 Å². The molecule has 0 aliphatic heterocycles. The molecule has 14 heavy (non-hydrogen) atoms. The fourth-order valence-corrected chi connectivity index (χ4v) is 1.18. The molecule has 0 spiro atoms. The Hall–Kier alpha value is -1.42. The maximum atomic E-state index is 11.4. The van der Waals surface area contributed by atoms with Crippen LogP contribution in [-0.2, 0) is 4.79 Å². The predicted octanol–water partition coefficient (Wildman–Crippen LogP) is 0.394. The van der Waals surface area contributed by atoms with Gasteiger partial charge < -0.3 is 10.4 Å². The summed E-state index contributed by atoms with van der Waals surface area (Å²) in [7, 11) is 0. The van der Waals surface area contributed by atoms with Gasteiger partial charge in [0.05, 0.1) is 5.69 Å². The van der Waals surface area contributed by atoms with Gasteiger partial charge in [-0.2, -0.15) is 0 Å². The van der Waals surface area contributed by atoms with Crippen LogP contribution >= 0.6 is 0 Å². The summed E-state index contributed by atoms with van der Waals surface area (Å²) in [6.45, 7) is 0. The highest BCUT2D eigenvalue weighted by Crippen LogP contribution is 2.20. The number of hydrogen-bond acceptors (Lipinski definition) is 3. The molecule has 0 bridgehead atoms. The Kier molecular flexibility index (Phi) is 2.45. The number of carbonyl (C=O) groups is 1. The van der Waals surface area contributed by atoms with E-state index < -0.39 is 6.10 Å². The summed E-state index contributed by atoms with van der Waals surface area (Å²) in [6.07, 6.45) is 2.45. The fourth-order valence-electron chi connectivity index (χ4n) is 1.18. The number of pyridine rings is 1. The summed E-state index contributed by atoms with van der Waals surface area (Å²) in [4.78, 5) is 15.3. The molecule has 2 N–H and O–H groups in total. The van der Waals surface area contributed by atoms with Crippen LogP contribution in [0.15, 0.2) is 24.4 Å². The molecule has 1 aliphatic rings. The zero-order chi connectivity index (χ0) is 9.97. The molecule has 2 rings (SSSR count). The van der Waals surface area contributed by atoms with E-state index in [9.17, 15) is 9.90 Å². The summed E-state index contributed by atoms with van der Waals surface area (Å²) < 4.78 is 0. The number of aliphatic hydroxyl groups is 1. The number of nitrogens with one attached hydrogen (secondary N) is 1. The Morgan fingerprint density at radius 3 is 2.93 bits per heavy atom. The zero-order valence-corrected chi connectivity index (χ0v) is 7.68. The highest BCUT2D eigenvalue weighted by Gasteiger charge is 2.27. The molecule has 4 nitrogen and oxygen atoms in total. The molecule has 1 heterocycles. The third kappa shape index (κ3) is 2.09. The molecule has 1 amide bonds. The number of amides is 1. The van der Waals surface area contributed by atoms with Crippen LogP contribution < -0.4 is 5.32 Å². The number of carbonyl (C=O) groups excluding carboxylic acids is 1. The Bertz CT molecular complexity index is 322. The van der Waals surface area contributed by atoms with E-state index >= 15 is 0 Å². The molecule has 74 valence electrons. The van der Waals surface area contributed by atoms with Gasteiger partial charge >= 0.3 is 0 Å². The smallest absolute Gasteiger partial charge is 0.255 e. The lowest BCUT2D eigenvalue weighted by molar-refractivity contribution is -0.129. The van der Waals surface area contributed by atoms with Crippen molar-refractivity contribution in [2.75, 3.05) is 0 Å². The van der Waals surface area contributed by atoms with E-state index in [4.69, 9.17) is 0 Å². The highest BCUT2D eigenvalue weighted by molar-refractivity contribution is 5.81. The molecule has 4 heteroatoms. The number of aliphatic hydroxyl groups excluding tert-OH is 1. The van der Waals surface area contributed by atoms with Crippen molar-refractivity contribution in [1.82, 2.24) is 10.3 Å². The second kappa shape index (κ2) is 3.75. The van der Waals surface area contributed by atoms with E-state index in [-0.39, 0.29) is 11.9 Å². The van der Waals surface area contributed by atoms with Crippen LogP contribution in [0, 0.1) is 0 Å². The molecular weight excluding hydrogens is 180 g/mol. The van der Waals surface area contributed by atoms with Crippen molar-refractivity contribution in [3.05, 3.63) is 30.1 Å². The van der Waals surface area contributed by atoms with Crippen LogP contribution in [0.2, 0.25) is 0 Å². The first kappa shape index (κ1) is 9.15. The minimum absolute atomic E-state index is 0.265. The van der Waals surface area contributed by atoms with Crippen LogP contribution in [0.1, 0.15) is 24.6 Å². The lowest BCUT2D eigenvalue weighted by atomic mass is 10.2. The molecule has 1 atom stereocenters. The Morgan fingerprint density at radius 1 is 1.57 bits per heavy atom. The maximum Gasteiger partial charge on any atom is 0.255 e. The number of rotatable bonds is 3. The molecule has 1 unspecified atom stereocenters. The fraction of sp³-hybridized carbons (Fsp3) is 0.400. The summed E-state index contributed by atoms with van der Waals surface area (Å²) in [5, 5.41) is 12.3. The first-order valence-electron chi connectivity index (χ1n) is 4.67. The highest BCUT2D eigenvalue weighted by atomic mass is 16.3. The van der Waals surface area contributed by atoms with Crippen LogP contribution in [0.25, 0.3) is 0 Å². The normalized spacial score (nSPS) is 17.5. The summed E-state index contributed by atoms with van der Waals surface area (Å²) in [6, 6.07) is 5.39. The minimum Gasteiger partial charge on any atom is -0.377 e. The molecule has 1 aromatic heterocycles. The largest absolute Gasteiger partial charge is 0.377 e. The van der Waals surface area contributed by atoms with Gasteiger partial charge in [-0.15, -0.1) is 0 Å². The predicted molar refractivity (Wildman–Crippen MR) is 50.4 cm³/mol. The SMILES string of the molecule is O=C(NC1CC1)C(O)c1ccccn1. The Labute approximate surface area is 82.0 Å². The van der Waals surface area contributed by atoms with Gasteiger partial charge in [-0.3, -0.25) is 9.78 Å². The summed E-state index contributed by atoms with van der Waals surface area (Å²) in [5.74, 6) is -0.355. The van der Waals surface area contributed by atoms with E-state index in [1.54, 1.807) is 24.4 Å². The molecule has 0 radical (unpaired) electrons. The van der Waals surface area contributed by atoms with E-state index in [1.165, 1.54) is 0 Å². The molecule has 0 saturated heterocycles. The van der Waals surface area contributed by atoms with Crippen molar-refractivity contribution in [3.63, 3.8) is 0 Å². The maximum absolute atomic E-state index is 11.4. The van der Waals surface area contributed by atoms with Gasteiger partial charge in [0, 0.05) is 12.2 Å². The van der Waals surface area contributed by atoms with Crippen LogP contribution in [0.3, 0.4) is 0 Å². The van der Waals surface area contributed by atoms with Crippen LogP contribution in [0.5, 0.6) is 0 Å². The van der Waals surface area contributed by atoms with E-state index in [0.717, 1.165) is 12.8 Å². The van der Waals surface area contributed by atoms with E-state index in [0.29, 0.717) is 5.69 Å². The Morgan fingerprint density at radius 2 is 2.36 bits per heavy atom. The van der Waals surface area contributed by atoms with Crippen LogP contribution in [0.4, 0.5) is 0 Å². The summed E-state index contributed by atoms with van der Waals surface area (Å²) in [5.41, 5.74) is 0.394. The average Bonchev–Trinajstić information content (AvgIpc) is 3.02. The molecule has 1 aromatic rings. The third-order valence-electron chi connectivity index (χ3n) is 2.14. The first-order valence-corrected chi connectivity index (χ1v) is 4.67. The van der Waals surface area contributed by atoms with Crippen molar-refractivity contribution in [3.8, 4) is 0 Å². The van der Waals surface area contributed by atoms with Gasteiger partial charge in [0.15, 0.2) is 6.10 Å². The van der Waals surface area contributed by atoms with E-state index in [1.807, 2.05) is 0 Å². The van der Waals surface area contributed by atoms with E-state index in [2.05, 4.69) is 10.3 Å².